The van der Waals surface area contributed by atoms with E-state index in [4.69, 9.17) is 4.74 Å². The van der Waals surface area contributed by atoms with Crippen molar-refractivity contribution in [2.45, 2.75) is 19.1 Å². The highest BCUT2D eigenvalue weighted by Crippen LogP contribution is 2.30. The summed E-state index contributed by atoms with van der Waals surface area (Å²) in [5, 5.41) is 6.72. The van der Waals surface area contributed by atoms with Crippen molar-refractivity contribution < 1.29 is 27.5 Å². The van der Waals surface area contributed by atoms with Gasteiger partial charge in [-0.15, -0.1) is 0 Å². The van der Waals surface area contributed by atoms with Gasteiger partial charge in [0.15, 0.2) is 6.61 Å². The van der Waals surface area contributed by atoms with E-state index in [1.165, 1.54) is 0 Å². The molecule has 120 valence electrons. The number of carbonyl (C=O) groups is 2. The summed E-state index contributed by atoms with van der Waals surface area (Å²) in [6.45, 7) is 0.139. The van der Waals surface area contributed by atoms with E-state index in [0.717, 1.165) is 0 Å². The maximum Gasteiger partial charge on any atom is 0.405 e. The third kappa shape index (κ3) is 4.27. The molecule has 0 saturated carbocycles. The summed E-state index contributed by atoms with van der Waals surface area (Å²) in [6.07, 6.45) is -4.46. The predicted octanol–water partition coefficient (Wildman–Crippen LogP) is 1.94. The standard InChI is InChI=1S/C13H14F3N3O3/c1-7(18-12(21)17-6-13(14,15)16)8-2-3-10-9(4-8)19-11(20)5-22-10/h2-4,7H,5-6H2,1H3,(H,19,20)(H2,17,18,21)/t7-/m1/s1. The maximum absolute atomic E-state index is 12.0. The molecule has 1 aliphatic rings. The van der Waals surface area contributed by atoms with E-state index < -0.39 is 24.8 Å². The van der Waals surface area contributed by atoms with Crippen LogP contribution in [0.3, 0.4) is 0 Å². The van der Waals surface area contributed by atoms with Gasteiger partial charge in [-0.3, -0.25) is 4.79 Å². The second-order valence-electron chi connectivity index (χ2n) is 4.76. The van der Waals surface area contributed by atoms with Gasteiger partial charge in [0, 0.05) is 0 Å². The quantitative estimate of drug-likeness (QED) is 0.797. The van der Waals surface area contributed by atoms with Crippen LogP contribution < -0.4 is 20.7 Å². The molecule has 0 radical (unpaired) electrons. The summed E-state index contributed by atoms with van der Waals surface area (Å²) in [6, 6.07) is 3.40. The van der Waals surface area contributed by atoms with Crippen molar-refractivity contribution in [1.82, 2.24) is 10.6 Å². The van der Waals surface area contributed by atoms with Crippen LogP contribution in [0.2, 0.25) is 0 Å². The molecule has 6 nitrogen and oxygen atoms in total. The fourth-order valence-electron chi connectivity index (χ4n) is 1.88. The molecule has 1 heterocycles. The Hall–Kier alpha value is -2.45. The van der Waals surface area contributed by atoms with Crippen LogP contribution in [-0.4, -0.2) is 31.3 Å². The lowest BCUT2D eigenvalue weighted by Crippen LogP contribution is -2.41. The van der Waals surface area contributed by atoms with Crippen molar-refractivity contribution in [1.29, 1.82) is 0 Å². The van der Waals surface area contributed by atoms with E-state index in [-0.39, 0.29) is 12.5 Å². The molecule has 0 aliphatic carbocycles. The predicted molar refractivity (Wildman–Crippen MR) is 71.6 cm³/mol. The highest BCUT2D eigenvalue weighted by Gasteiger charge is 2.28. The zero-order valence-electron chi connectivity index (χ0n) is 11.6. The fraction of sp³-hybridized carbons (Fsp3) is 0.385. The summed E-state index contributed by atoms with van der Waals surface area (Å²) in [5.74, 6) is 0.199. The molecule has 0 spiro atoms. The van der Waals surface area contributed by atoms with Crippen LogP contribution in [0.25, 0.3) is 0 Å². The van der Waals surface area contributed by atoms with Gasteiger partial charge in [0.2, 0.25) is 0 Å². The summed E-state index contributed by atoms with van der Waals surface area (Å²) >= 11 is 0. The molecule has 3 N–H and O–H groups in total. The van der Waals surface area contributed by atoms with E-state index in [2.05, 4.69) is 10.6 Å². The van der Waals surface area contributed by atoms with E-state index in [1.54, 1.807) is 30.4 Å². The first-order chi connectivity index (χ1) is 10.2. The number of nitrogens with one attached hydrogen (secondary N) is 3. The molecule has 0 fully saturated rings. The zero-order valence-corrected chi connectivity index (χ0v) is 11.6. The van der Waals surface area contributed by atoms with Crippen LogP contribution in [-0.2, 0) is 4.79 Å². The van der Waals surface area contributed by atoms with Crippen LogP contribution in [0.1, 0.15) is 18.5 Å². The van der Waals surface area contributed by atoms with Gasteiger partial charge in [0.25, 0.3) is 5.91 Å². The summed E-state index contributed by atoms with van der Waals surface area (Å²) in [7, 11) is 0. The van der Waals surface area contributed by atoms with Crippen LogP contribution >= 0.6 is 0 Å². The van der Waals surface area contributed by atoms with Gasteiger partial charge in [0.1, 0.15) is 12.3 Å². The SMILES string of the molecule is C[C@@H](NC(=O)NCC(F)(F)F)c1ccc2c(c1)NC(=O)CO2. The molecule has 3 amide bonds. The Morgan fingerprint density at radius 3 is 2.86 bits per heavy atom. The molecule has 1 aliphatic heterocycles. The first-order valence-electron chi connectivity index (χ1n) is 6.42. The molecular weight excluding hydrogens is 303 g/mol. The molecule has 0 saturated heterocycles. The number of urea groups is 1. The molecule has 9 heteroatoms. The van der Waals surface area contributed by atoms with Crippen molar-refractivity contribution in [3.8, 4) is 5.75 Å². The minimum absolute atomic E-state index is 0.0694. The molecule has 1 atom stereocenters. The number of anilines is 1. The Labute approximate surface area is 124 Å². The monoisotopic (exact) mass is 317 g/mol. The van der Waals surface area contributed by atoms with Gasteiger partial charge in [-0.05, 0) is 24.6 Å². The number of halogens is 3. The minimum Gasteiger partial charge on any atom is -0.482 e. The number of hydrogen-bond donors (Lipinski definition) is 3. The largest absolute Gasteiger partial charge is 0.482 e. The highest BCUT2D eigenvalue weighted by atomic mass is 19.4. The van der Waals surface area contributed by atoms with Gasteiger partial charge in [0.05, 0.1) is 11.7 Å². The van der Waals surface area contributed by atoms with E-state index >= 15 is 0 Å². The van der Waals surface area contributed by atoms with E-state index in [9.17, 15) is 22.8 Å². The zero-order chi connectivity index (χ0) is 16.3. The highest BCUT2D eigenvalue weighted by molar-refractivity contribution is 5.95. The van der Waals surface area contributed by atoms with Gasteiger partial charge in [-0.2, -0.15) is 13.2 Å². The topological polar surface area (TPSA) is 79.5 Å². The Kier molecular flexibility index (Phi) is 4.43. The van der Waals surface area contributed by atoms with Crippen molar-refractivity contribution in [3.63, 3.8) is 0 Å². The smallest absolute Gasteiger partial charge is 0.405 e. The number of benzene rings is 1. The molecule has 0 bridgehead atoms. The molecule has 0 unspecified atom stereocenters. The van der Waals surface area contributed by atoms with Gasteiger partial charge < -0.3 is 20.7 Å². The third-order valence-corrected chi connectivity index (χ3v) is 2.93. The van der Waals surface area contributed by atoms with Crippen molar-refractivity contribution in [2.24, 2.45) is 0 Å². The van der Waals surface area contributed by atoms with E-state index in [1.807, 2.05) is 0 Å². The van der Waals surface area contributed by atoms with Crippen LogP contribution in [0.5, 0.6) is 5.75 Å². The number of fused-ring (bicyclic) bond motifs is 1. The first-order valence-corrected chi connectivity index (χ1v) is 6.42. The summed E-state index contributed by atoms with van der Waals surface area (Å²) < 4.78 is 41.2. The normalized spacial score (nSPS) is 15.2. The van der Waals surface area contributed by atoms with Crippen LogP contribution in [0.4, 0.5) is 23.7 Å². The molecule has 22 heavy (non-hydrogen) atoms. The van der Waals surface area contributed by atoms with Crippen LogP contribution in [0.15, 0.2) is 18.2 Å². The third-order valence-electron chi connectivity index (χ3n) is 2.93. The van der Waals surface area contributed by atoms with Crippen LogP contribution in [0, 0.1) is 0 Å². The minimum atomic E-state index is -4.46. The van der Waals surface area contributed by atoms with Gasteiger partial charge in [-0.1, -0.05) is 6.07 Å². The number of carbonyl (C=O) groups excluding carboxylic acids is 2. The molecular formula is C13H14F3N3O3. The average Bonchev–Trinajstić information content (AvgIpc) is 2.43. The Balaban J connectivity index is 1.98. The second kappa shape index (κ2) is 6.12. The number of rotatable bonds is 3. The van der Waals surface area contributed by atoms with Gasteiger partial charge in [-0.25, -0.2) is 4.79 Å². The fourth-order valence-corrected chi connectivity index (χ4v) is 1.88. The second-order valence-corrected chi connectivity index (χ2v) is 4.76. The molecule has 0 aromatic heterocycles. The number of hydrogen-bond acceptors (Lipinski definition) is 3. The average molecular weight is 317 g/mol. The van der Waals surface area contributed by atoms with E-state index in [0.29, 0.717) is 17.0 Å². The van der Waals surface area contributed by atoms with Crippen molar-refractivity contribution in [3.05, 3.63) is 23.8 Å². The molecule has 2 rings (SSSR count). The number of amides is 3. The first kappa shape index (κ1) is 15.9. The Bertz CT molecular complexity index is 590. The van der Waals surface area contributed by atoms with Crippen molar-refractivity contribution >= 4 is 17.6 Å². The maximum atomic E-state index is 12.0. The Morgan fingerprint density at radius 2 is 2.18 bits per heavy atom. The lowest BCUT2D eigenvalue weighted by Gasteiger charge is -2.21. The summed E-state index contributed by atoms with van der Waals surface area (Å²) in [4.78, 5) is 22.6. The molecule has 1 aromatic rings. The lowest BCUT2D eigenvalue weighted by molar-refractivity contribution is -0.122. The number of ether oxygens (including phenoxy) is 1. The Morgan fingerprint density at radius 1 is 1.45 bits per heavy atom. The summed E-state index contributed by atoms with van der Waals surface area (Å²) in [5.41, 5.74) is 1.07. The number of alkyl halides is 3. The molecule has 1 aromatic carbocycles. The lowest BCUT2D eigenvalue weighted by atomic mass is 10.1. The van der Waals surface area contributed by atoms with Crippen molar-refractivity contribution in [2.75, 3.05) is 18.5 Å². The van der Waals surface area contributed by atoms with Gasteiger partial charge >= 0.3 is 12.2 Å².